The molecule has 2 aliphatic rings. The zero-order valence-electron chi connectivity index (χ0n) is 16.1. The summed E-state index contributed by atoms with van der Waals surface area (Å²) < 4.78 is 11.5. The van der Waals surface area contributed by atoms with E-state index in [1.807, 2.05) is 47.4 Å². The first-order valence-corrected chi connectivity index (χ1v) is 10.1. The summed E-state index contributed by atoms with van der Waals surface area (Å²) in [4.78, 5) is 15.0. The standard InChI is InChI=1S/C23H28N2O3/c24-13-19-14-25(15-22(19)17-6-2-1-3-7-17)23(26)18-8-4-9-20(12-18)28-16-21-10-5-11-27-21/h1-4,6-9,12,19,21-22H,5,10-11,13-16,24H2/t19-,21?,22+/m1/s1. The van der Waals surface area contributed by atoms with Crippen LogP contribution < -0.4 is 10.5 Å². The number of carbonyl (C=O) groups excluding carboxylic acids is 1. The van der Waals surface area contributed by atoms with Crippen molar-refractivity contribution in [3.63, 3.8) is 0 Å². The molecule has 2 aromatic rings. The summed E-state index contributed by atoms with van der Waals surface area (Å²) >= 11 is 0. The second-order valence-electron chi connectivity index (χ2n) is 7.70. The van der Waals surface area contributed by atoms with E-state index in [0.29, 0.717) is 31.8 Å². The topological polar surface area (TPSA) is 64.8 Å². The molecular formula is C23H28N2O3. The van der Waals surface area contributed by atoms with Crippen LogP contribution in [0.15, 0.2) is 54.6 Å². The summed E-state index contributed by atoms with van der Waals surface area (Å²) in [6.07, 6.45) is 2.29. The highest BCUT2D eigenvalue weighted by Crippen LogP contribution is 2.33. The van der Waals surface area contributed by atoms with Gasteiger partial charge in [-0.15, -0.1) is 0 Å². The number of nitrogens with zero attached hydrogens (tertiary/aromatic N) is 1. The Morgan fingerprint density at radius 1 is 1.14 bits per heavy atom. The molecule has 28 heavy (non-hydrogen) atoms. The van der Waals surface area contributed by atoms with Crippen LogP contribution in [0.4, 0.5) is 0 Å². The highest BCUT2D eigenvalue weighted by atomic mass is 16.5. The number of nitrogens with two attached hydrogens (primary N) is 1. The molecule has 0 saturated carbocycles. The Morgan fingerprint density at radius 2 is 2.00 bits per heavy atom. The van der Waals surface area contributed by atoms with Crippen LogP contribution in [-0.2, 0) is 4.74 Å². The lowest BCUT2D eigenvalue weighted by Crippen LogP contribution is -2.29. The molecule has 4 rings (SSSR count). The molecule has 1 unspecified atom stereocenters. The van der Waals surface area contributed by atoms with Gasteiger partial charge in [-0.25, -0.2) is 0 Å². The Labute approximate surface area is 166 Å². The molecule has 5 heteroatoms. The van der Waals surface area contributed by atoms with E-state index in [-0.39, 0.29) is 23.8 Å². The van der Waals surface area contributed by atoms with Gasteiger partial charge in [0.1, 0.15) is 12.4 Å². The van der Waals surface area contributed by atoms with Crippen LogP contribution in [0.25, 0.3) is 0 Å². The predicted molar refractivity (Wildman–Crippen MR) is 109 cm³/mol. The fourth-order valence-corrected chi connectivity index (χ4v) is 4.22. The molecule has 0 aliphatic carbocycles. The van der Waals surface area contributed by atoms with Crippen LogP contribution in [-0.4, -0.2) is 49.8 Å². The lowest BCUT2D eigenvalue weighted by molar-refractivity contribution is 0.0678. The van der Waals surface area contributed by atoms with Gasteiger partial charge >= 0.3 is 0 Å². The Balaban J connectivity index is 1.43. The van der Waals surface area contributed by atoms with Crippen molar-refractivity contribution >= 4 is 5.91 Å². The highest BCUT2D eigenvalue weighted by molar-refractivity contribution is 5.94. The van der Waals surface area contributed by atoms with Gasteiger partial charge in [-0.3, -0.25) is 4.79 Å². The minimum absolute atomic E-state index is 0.0412. The number of hydrogen-bond donors (Lipinski definition) is 1. The number of rotatable bonds is 6. The third kappa shape index (κ3) is 4.21. The van der Waals surface area contributed by atoms with E-state index in [9.17, 15) is 4.79 Å². The van der Waals surface area contributed by atoms with E-state index in [1.165, 1.54) is 5.56 Å². The minimum Gasteiger partial charge on any atom is -0.491 e. The minimum atomic E-state index is 0.0412. The Hall–Kier alpha value is -2.37. The summed E-state index contributed by atoms with van der Waals surface area (Å²) in [6.45, 7) is 3.31. The van der Waals surface area contributed by atoms with Crippen molar-refractivity contribution in [3.05, 3.63) is 65.7 Å². The fraction of sp³-hybridized carbons (Fsp3) is 0.435. The molecule has 3 atom stereocenters. The van der Waals surface area contributed by atoms with Gasteiger partial charge in [0, 0.05) is 31.2 Å². The van der Waals surface area contributed by atoms with Gasteiger partial charge in [-0.05, 0) is 49.1 Å². The fourth-order valence-electron chi connectivity index (χ4n) is 4.22. The van der Waals surface area contributed by atoms with E-state index in [1.54, 1.807) is 0 Å². The summed E-state index contributed by atoms with van der Waals surface area (Å²) in [7, 11) is 0. The predicted octanol–water partition coefficient (Wildman–Crippen LogP) is 3.06. The maximum absolute atomic E-state index is 13.1. The number of carbonyl (C=O) groups is 1. The average molecular weight is 380 g/mol. The quantitative estimate of drug-likeness (QED) is 0.837. The Kier molecular flexibility index (Phi) is 5.93. The number of hydrogen-bond acceptors (Lipinski definition) is 4. The van der Waals surface area contributed by atoms with Gasteiger partial charge in [0.15, 0.2) is 0 Å². The van der Waals surface area contributed by atoms with Gasteiger partial charge < -0.3 is 20.1 Å². The number of ether oxygens (including phenoxy) is 2. The van der Waals surface area contributed by atoms with Crippen LogP contribution in [0, 0.1) is 5.92 Å². The second-order valence-corrected chi connectivity index (χ2v) is 7.70. The normalized spacial score (nSPS) is 24.5. The highest BCUT2D eigenvalue weighted by Gasteiger charge is 2.35. The van der Waals surface area contributed by atoms with Crippen molar-refractivity contribution in [2.24, 2.45) is 11.7 Å². The van der Waals surface area contributed by atoms with Gasteiger partial charge in [0.2, 0.25) is 0 Å². The van der Waals surface area contributed by atoms with Crippen molar-refractivity contribution in [1.29, 1.82) is 0 Å². The van der Waals surface area contributed by atoms with E-state index in [2.05, 4.69) is 12.1 Å². The molecule has 0 spiro atoms. The molecule has 0 bridgehead atoms. The summed E-state index contributed by atoms with van der Waals surface area (Å²) in [5.41, 5.74) is 7.93. The molecule has 2 heterocycles. The van der Waals surface area contributed by atoms with Gasteiger partial charge in [-0.1, -0.05) is 36.4 Å². The SMILES string of the molecule is NC[C@@H]1CN(C(=O)c2cccc(OCC3CCCO3)c2)C[C@H]1c1ccccc1. The molecule has 0 aromatic heterocycles. The van der Waals surface area contributed by atoms with E-state index in [4.69, 9.17) is 15.2 Å². The largest absolute Gasteiger partial charge is 0.491 e. The lowest BCUT2D eigenvalue weighted by Gasteiger charge is -2.18. The maximum Gasteiger partial charge on any atom is 0.254 e. The van der Waals surface area contributed by atoms with Crippen molar-refractivity contribution in [2.45, 2.75) is 24.9 Å². The molecule has 5 nitrogen and oxygen atoms in total. The van der Waals surface area contributed by atoms with Crippen molar-refractivity contribution in [2.75, 3.05) is 32.8 Å². The average Bonchev–Trinajstić information content (AvgIpc) is 3.42. The van der Waals surface area contributed by atoms with Crippen molar-refractivity contribution in [1.82, 2.24) is 4.90 Å². The summed E-state index contributed by atoms with van der Waals surface area (Å²) in [5, 5.41) is 0. The third-order valence-electron chi connectivity index (χ3n) is 5.80. The van der Waals surface area contributed by atoms with E-state index in [0.717, 1.165) is 25.2 Å². The van der Waals surface area contributed by atoms with Crippen LogP contribution in [0.5, 0.6) is 5.75 Å². The van der Waals surface area contributed by atoms with Crippen molar-refractivity contribution in [3.8, 4) is 5.75 Å². The zero-order valence-corrected chi connectivity index (χ0v) is 16.1. The lowest BCUT2D eigenvalue weighted by atomic mass is 9.89. The van der Waals surface area contributed by atoms with Crippen molar-refractivity contribution < 1.29 is 14.3 Å². The molecule has 2 aromatic carbocycles. The number of benzene rings is 2. The Bertz CT molecular complexity index is 789. The summed E-state index contributed by atoms with van der Waals surface area (Å²) in [6, 6.07) is 17.8. The molecule has 2 aliphatic heterocycles. The maximum atomic E-state index is 13.1. The van der Waals surface area contributed by atoms with Gasteiger partial charge in [0.25, 0.3) is 5.91 Å². The van der Waals surface area contributed by atoms with Crippen LogP contribution in [0.3, 0.4) is 0 Å². The van der Waals surface area contributed by atoms with Crippen LogP contribution in [0.2, 0.25) is 0 Å². The van der Waals surface area contributed by atoms with Crippen LogP contribution in [0.1, 0.15) is 34.7 Å². The number of amides is 1. The first-order valence-electron chi connectivity index (χ1n) is 10.1. The first-order chi connectivity index (χ1) is 13.7. The second kappa shape index (κ2) is 8.76. The van der Waals surface area contributed by atoms with E-state index < -0.39 is 0 Å². The number of likely N-dealkylation sites (tertiary alicyclic amines) is 1. The zero-order chi connectivity index (χ0) is 19.3. The molecule has 148 valence electrons. The van der Waals surface area contributed by atoms with Crippen LogP contribution >= 0.6 is 0 Å². The molecule has 2 N–H and O–H groups in total. The smallest absolute Gasteiger partial charge is 0.254 e. The first kappa shape index (κ1) is 19.0. The third-order valence-corrected chi connectivity index (χ3v) is 5.80. The molecule has 2 saturated heterocycles. The monoisotopic (exact) mass is 380 g/mol. The van der Waals surface area contributed by atoms with E-state index >= 15 is 0 Å². The Morgan fingerprint density at radius 3 is 2.75 bits per heavy atom. The molecule has 1 amide bonds. The molecule has 0 radical (unpaired) electrons. The van der Waals surface area contributed by atoms with Gasteiger partial charge in [-0.2, -0.15) is 0 Å². The summed E-state index contributed by atoms with van der Waals surface area (Å²) in [5.74, 6) is 1.33. The molecular weight excluding hydrogens is 352 g/mol. The molecule has 2 fully saturated rings. The van der Waals surface area contributed by atoms with Gasteiger partial charge in [0.05, 0.1) is 6.10 Å².